The van der Waals surface area contributed by atoms with Crippen LogP contribution >= 0.6 is 11.6 Å². The zero-order valence-electron chi connectivity index (χ0n) is 9.09. The van der Waals surface area contributed by atoms with Gasteiger partial charge in [-0.1, -0.05) is 35.9 Å². The summed E-state index contributed by atoms with van der Waals surface area (Å²) in [6.45, 7) is 7.51. The second-order valence-electron chi connectivity index (χ2n) is 3.96. The summed E-state index contributed by atoms with van der Waals surface area (Å²) >= 11 is 5.65. The molecule has 0 amide bonds. The van der Waals surface area contributed by atoms with Crippen LogP contribution < -0.4 is 0 Å². The molecule has 80 valence electrons. The Morgan fingerprint density at radius 3 is 2.40 bits per heavy atom. The van der Waals surface area contributed by atoms with Crippen LogP contribution in [0.3, 0.4) is 0 Å². The van der Waals surface area contributed by atoms with Crippen molar-refractivity contribution >= 4 is 16.8 Å². The minimum absolute atomic E-state index is 0.341. The molecule has 0 aromatic heterocycles. The number of benzene rings is 1. The number of hydrogen-bond donors (Lipinski definition) is 0. The van der Waals surface area contributed by atoms with Crippen molar-refractivity contribution in [3.05, 3.63) is 48.0 Å². The van der Waals surface area contributed by atoms with Crippen LogP contribution in [0, 0.1) is 6.92 Å². The molecule has 0 aliphatic carbocycles. The lowest BCUT2D eigenvalue weighted by Gasteiger charge is -2.24. The fourth-order valence-electron chi connectivity index (χ4n) is 1.52. The number of aryl methyl sites for hydroxylation is 1. The molecule has 0 spiro atoms. The van der Waals surface area contributed by atoms with Gasteiger partial charge in [0.15, 0.2) is 0 Å². The number of carbonyl (C=O) groups excluding carboxylic acids is 1. The Kier molecular flexibility index (Phi) is 3.70. The van der Waals surface area contributed by atoms with E-state index in [9.17, 15) is 4.79 Å². The molecule has 0 aliphatic heterocycles. The van der Waals surface area contributed by atoms with E-state index in [1.165, 1.54) is 5.56 Å². The fourth-order valence-corrected chi connectivity index (χ4v) is 1.71. The van der Waals surface area contributed by atoms with Crippen molar-refractivity contribution in [2.75, 3.05) is 0 Å². The molecular formula is C13H15ClO. The highest BCUT2D eigenvalue weighted by Gasteiger charge is 2.32. The van der Waals surface area contributed by atoms with E-state index in [0.717, 1.165) is 5.56 Å². The summed E-state index contributed by atoms with van der Waals surface area (Å²) in [6.07, 6.45) is 2.28. The van der Waals surface area contributed by atoms with E-state index in [4.69, 9.17) is 11.6 Å². The topological polar surface area (TPSA) is 17.1 Å². The third kappa shape index (κ3) is 2.48. The first-order valence-corrected chi connectivity index (χ1v) is 5.26. The third-order valence-corrected chi connectivity index (χ3v) is 3.09. The van der Waals surface area contributed by atoms with Crippen LogP contribution in [0.2, 0.25) is 0 Å². The zero-order chi connectivity index (χ0) is 11.5. The third-order valence-electron chi connectivity index (χ3n) is 2.68. The van der Waals surface area contributed by atoms with Gasteiger partial charge in [-0.05, 0) is 37.4 Å². The number of hydrogen-bond acceptors (Lipinski definition) is 1. The highest BCUT2D eigenvalue weighted by atomic mass is 35.5. The van der Waals surface area contributed by atoms with Gasteiger partial charge >= 0.3 is 0 Å². The van der Waals surface area contributed by atoms with Gasteiger partial charge in [0.05, 0.1) is 5.41 Å². The normalized spacial score (nSPS) is 14.3. The molecule has 15 heavy (non-hydrogen) atoms. The molecule has 1 aromatic rings. The molecule has 0 bridgehead atoms. The molecule has 1 nitrogen and oxygen atoms in total. The molecule has 0 heterocycles. The Hall–Kier alpha value is -1.08. The van der Waals surface area contributed by atoms with Crippen LogP contribution in [0.25, 0.3) is 0 Å². The smallest absolute Gasteiger partial charge is 0.232 e. The van der Waals surface area contributed by atoms with Crippen LogP contribution in [-0.2, 0) is 10.2 Å². The summed E-state index contributed by atoms with van der Waals surface area (Å²) in [5, 5.41) is -0.341. The Labute approximate surface area is 95.8 Å². The Morgan fingerprint density at radius 1 is 1.47 bits per heavy atom. The molecule has 0 saturated heterocycles. The summed E-state index contributed by atoms with van der Waals surface area (Å²) < 4.78 is 0. The quantitative estimate of drug-likeness (QED) is 0.562. The molecule has 0 saturated carbocycles. The minimum atomic E-state index is -0.656. The molecule has 1 aromatic carbocycles. The Morgan fingerprint density at radius 2 is 2.00 bits per heavy atom. The lowest BCUT2D eigenvalue weighted by atomic mass is 9.80. The predicted molar refractivity (Wildman–Crippen MR) is 64.2 cm³/mol. The van der Waals surface area contributed by atoms with E-state index < -0.39 is 5.41 Å². The summed E-state index contributed by atoms with van der Waals surface area (Å²) in [7, 11) is 0. The molecule has 0 N–H and O–H groups in total. The van der Waals surface area contributed by atoms with Crippen LogP contribution in [0.15, 0.2) is 36.9 Å². The number of carbonyl (C=O) groups is 1. The van der Waals surface area contributed by atoms with Crippen LogP contribution in [0.5, 0.6) is 0 Å². The zero-order valence-corrected chi connectivity index (χ0v) is 9.84. The molecular weight excluding hydrogens is 208 g/mol. The summed E-state index contributed by atoms with van der Waals surface area (Å²) in [6, 6.07) is 7.85. The number of allylic oxidation sites excluding steroid dienone is 1. The predicted octanol–water partition coefficient (Wildman–Crippen LogP) is 3.59. The average Bonchev–Trinajstić information content (AvgIpc) is 2.18. The van der Waals surface area contributed by atoms with Crippen molar-refractivity contribution in [1.82, 2.24) is 0 Å². The average molecular weight is 223 g/mol. The summed E-state index contributed by atoms with van der Waals surface area (Å²) in [4.78, 5) is 11.5. The maximum absolute atomic E-state index is 11.5. The fraction of sp³-hybridized carbons (Fsp3) is 0.308. The molecule has 0 aliphatic rings. The first-order chi connectivity index (χ1) is 7.00. The van der Waals surface area contributed by atoms with E-state index in [0.29, 0.717) is 6.42 Å². The lowest BCUT2D eigenvalue weighted by Crippen LogP contribution is -2.28. The van der Waals surface area contributed by atoms with Gasteiger partial charge in [-0.25, -0.2) is 0 Å². The van der Waals surface area contributed by atoms with Crippen molar-refractivity contribution in [2.45, 2.75) is 25.7 Å². The first kappa shape index (κ1) is 12.0. The monoisotopic (exact) mass is 222 g/mol. The maximum atomic E-state index is 11.5. The summed E-state index contributed by atoms with van der Waals surface area (Å²) in [5.41, 5.74) is 1.45. The highest BCUT2D eigenvalue weighted by Crippen LogP contribution is 2.30. The van der Waals surface area contributed by atoms with Crippen molar-refractivity contribution < 1.29 is 4.79 Å². The first-order valence-electron chi connectivity index (χ1n) is 4.88. The van der Waals surface area contributed by atoms with E-state index in [2.05, 4.69) is 6.58 Å². The largest absolute Gasteiger partial charge is 0.280 e. The van der Waals surface area contributed by atoms with E-state index in [-0.39, 0.29) is 5.24 Å². The van der Waals surface area contributed by atoms with Gasteiger partial charge in [0.1, 0.15) is 0 Å². The summed E-state index contributed by atoms with van der Waals surface area (Å²) in [5.74, 6) is 0. The molecule has 0 radical (unpaired) electrons. The van der Waals surface area contributed by atoms with Crippen molar-refractivity contribution in [3.8, 4) is 0 Å². The maximum Gasteiger partial charge on any atom is 0.232 e. The van der Waals surface area contributed by atoms with Gasteiger partial charge < -0.3 is 0 Å². The highest BCUT2D eigenvalue weighted by molar-refractivity contribution is 6.65. The van der Waals surface area contributed by atoms with Gasteiger partial charge in [0.2, 0.25) is 5.24 Å². The van der Waals surface area contributed by atoms with E-state index in [1.807, 2.05) is 38.1 Å². The van der Waals surface area contributed by atoms with Crippen molar-refractivity contribution in [2.24, 2.45) is 0 Å². The molecule has 1 unspecified atom stereocenters. The van der Waals surface area contributed by atoms with Crippen molar-refractivity contribution in [1.29, 1.82) is 0 Å². The molecule has 1 atom stereocenters. The van der Waals surface area contributed by atoms with Crippen LogP contribution in [0.1, 0.15) is 24.5 Å². The Balaban J connectivity index is 3.14. The van der Waals surface area contributed by atoms with Crippen LogP contribution in [0.4, 0.5) is 0 Å². The molecule has 2 heteroatoms. The Bertz CT molecular complexity index is 367. The van der Waals surface area contributed by atoms with Gasteiger partial charge in [-0.3, -0.25) is 4.79 Å². The molecule has 0 fully saturated rings. The lowest BCUT2D eigenvalue weighted by molar-refractivity contribution is -0.116. The standard InChI is InChI=1S/C13H15ClO/c1-4-9-13(3,12(14)15)11-7-5-10(2)6-8-11/h4-8H,1,9H2,2-3H3. The van der Waals surface area contributed by atoms with Crippen molar-refractivity contribution in [3.63, 3.8) is 0 Å². The minimum Gasteiger partial charge on any atom is -0.280 e. The SMILES string of the molecule is C=CCC(C)(C(=O)Cl)c1ccc(C)cc1. The van der Waals surface area contributed by atoms with Crippen LogP contribution in [-0.4, -0.2) is 5.24 Å². The van der Waals surface area contributed by atoms with E-state index in [1.54, 1.807) is 6.08 Å². The van der Waals surface area contributed by atoms with E-state index >= 15 is 0 Å². The molecule has 1 rings (SSSR count). The van der Waals surface area contributed by atoms with Gasteiger partial charge in [0, 0.05) is 0 Å². The van der Waals surface area contributed by atoms with Gasteiger partial charge in [0.25, 0.3) is 0 Å². The van der Waals surface area contributed by atoms with Gasteiger partial charge in [-0.2, -0.15) is 0 Å². The van der Waals surface area contributed by atoms with Gasteiger partial charge in [-0.15, -0.1) is 6.58 Å². The number of halogens is 1. The second kappa shape index (κ2) is 4.63. The second-order valence-corrected chi connectivity index (χ2v) is 4.31. The number of rotatable bonds is 4.